The smallest absolute Gasteiger partial charge is 0.416 e. The Kier molecular flexibility index (Phi) is 7.23. The molecule has 0 aromatic heterocycles. The van der Waals surface area contributed by atoms with E-state index >= 15 is 0 Å². The average Bonchev–Trinajstić information content (AvgIpc) is 2.65. The van der Waals surface area contributed by atoms with Crippen LogP contribution in [0.4, 0.5) is 18.9 Å². The molecule has 0 spiro atoms. The van der Waals surface area contributed by atoms with Gasteiger partial charge in [-0.1, -0.05) is 12.1 Å². The third kappa shape index (κ3) is 5.82. The van der Waals surface area contributed by atoms with Crippen LogP contribution in [0, 0.1) is 6.92 Å². The molecule has 150 valence electrons. The van der Waals surface area contributed by atoms with Gasteiger partial charge in [0, 0.05) is 18.1 Å². The number of carbonyl (C=O) groups excluding carboxylic acids is 1. The standard InChI is InChI=1S/C20H20BrF3N2O2/c1-4-26(3)12-25-18-8-13(2)16(10-17(18)21)19(27)28-11-14-6-5-7-15(9-14)20(22,23)24/h5-10,12H,4,11H2,1-3H3. The van der Waals surface area contributed by atoms with Gasteiger partial charge in [0.2, 0.25) is 0 Å². The lowest BCUT2D eigenvalue weighted by Gasteiger charge is -2.12. The van der Waals surface area contributed by atoms with Crippen LogP contribution in [0.25, 0.3) is 0 Å². The van der Waals surface area contributed by atoms with Crippen LogP contribution in [0.3, 0.4) is 0 Å². The highest BCUT2D eigenvalue weighted by atomic mass is 79.9. The highest BCUT2D eigenvalue weighted by Crippen LogP contribution is 2.31. The van der Waals surface area contributed by atoms with E-state index in [0.717, 1.165) is 18.7 Å². The predicted octanol–water partition coefficient (Wildman–Crippen LogP) is 5.74. The van der Waals surface area contributed by atoms with E-state index in [-0.39, 0.29) is 12.2 Å². The highest BCUT2D eigenvalue weighted by Gasteiger charge is 2.30. The van der Waals surface area contributed by atoms with Crippen molar-refractivity contribution in [1.82, 2.24) is 4.90 Å². The number of nitrogens with zero attached hydrogens (tertiary/aromatic N) is 2. The van der Waals surface area contributed by atoms with Gasteiger partial charge in [0.25, 0.3) is 0 Å². The molecule has 2 aromatic carbocycles. The van der Waals surface area contributed by atoms with E-state index in [4.69, 9.17) is 4.74 Å². The Morgan fingerprint density at radius 1 is 1.29 bits per heavy atom. The number of hydrogen-bond acceptors (Lipinski definition) is 3. The molecule has 0 N–H and O–H groups in total. The molecule has 0 heterocycles. The SMILES string of the molecule is CCN(C)C=Nc1cc(C)c(C(=O)OCc2cccc(C(F)(F)F)c2)cc1Br. The zero-order chi connectivity index (χ0) is 20.9. The van der Waals surface area contributed by atoms with Gasteiger partial charge in [-0.25, -0.2) is 9.79 Å². The van der Waals surface area contributed by atoms with Crippen molar-refractivity contribution < 1.29 is 22.7 Å². The van der Waals surface area contributed by atoms with Gasteiger partial charge in [-0.15, -0.1) is 0 Å². The van der Waals surface area contributed by atoms with E-state index in [1.807, 2.05) is 18.9 Å². The second-order valence-electron chi connectivity index (χ2n) is 6.21. The highest BCUT2D eigenvalue weighted by molar-refractivity contribution is 9.10. The Hall–Kier alpha value is -2.35. The fraction of sp³-hybridized carbons (Fsp3) is 0.300. The van der Waals surface area contributed by atoms with E-state index in [2.05, 4.69) is 20.9 Å². The number of carbonyl (C=O) groups is 1. The Morgan fingerprint density at radius 3 is 2.64 bits per heavy atom. The quantitative estimate of drug-likeness (QED) is 0.316. The minimum atomic E-state index is -4.44. The molecule has 0 atom stereocenters. The van der Waals surface area contributed by atoms with Crippen LogP contribution >= 0.6 is 15.9 Å². The summed E-state index contributed by atoms with van der Waals surface area (Å²) in [7, 11) is 1.89. The number of aliphatic imine (C=N–C) groups is 1. The number of esters is 1. The van der Waals surface area contributed by atoms with Gasteiger partial charge in [0.1, 0.15) is 6.61 Å². The van der Waals surface area contributed by atoms with E-state index in [9.17, 15) is 18.0 Å². The topological polar surface area (TPSA) is 41.9 Å². The van der Waals surface area contributed by atoms with Crippen LogP contribution in [0.5, 0.6) is 0 Å². The first-order valence-electron chi connectivity index (χ1n) is 8.49. The van der Waals surface area contributed by atoms with E-state index < -0.39 is 17.7 Å². The largest absolute Gasteiger partial charge is 0.457 e. The molecular weight excluding hydrogens is 437 g/mol. The molecule has 0 bridgehead atoms. The van der Waals surface area contributed by atoms with Crippen LogP contribution in [0.2, 0.25) is 0 Å². The van der Waals surface area contributed by atoms with Gasteiger partial charge in [-0.2, -0.15) is 13.2 Å². The van der Waals surface area contributed by atoms with Crippen molar-refractivity contribution in [3.05, 3.63) is 63.1 Å². The van der Waals surface area contributed by atoms with Gasteiger partial charge in [0.05, 0.1) is 23.2 Å². The minimum absolute atomic E-state index is 0.249. The summed E-state index contributed by atoms with van der Waals surface area (Å²) in [5.41, 5.74) is 1.13. The Morgan fingerprint density at radius 2 is 2.00 bits per heavy atom. The zero-order valence-electron chi connectivity index (χ0n) is 15.7. The van der Waals surface area contributed by atoms with Crippen molar-refractivity contribution >= 4 is 33.9 Å². The number of halogens is 4. The molecule has 0 aliphatic carbocycles. The van der Waals surface area contributed by atoms with E-state index in [1.54, 1.807) is 25.4 Å². The molecule has 0 aliphatic rings. The third-order valence-electron chi connectivity index (χ3n) is 4.03. The number of ether oxygens (including phenoxy) is 1. The summed E-state index contributed by atoms with van der Waals surface area (Å²) in [4.78, 5) is 18.6. The molecule has 28 heavy (non-hydrogen) atoms. The summed E-state index contributed by atoms with van der Waals surface area (Å²) >= 11 is 3.38. The monoisotopic (exact) mass is 456 g/mol. The average molecular weight is 457 g/mol. The van der Waals surface area contributed by atoms with E-state index in [1.165, 1.54) is 12.1 Å². The maximum absolute atomic E-state index is 12.8. The summed E-state index contributed by atoms with van der Waals surface area (Å²) in [6.07, 6.45) is -2.76. The summed E-state index contributed by atoms with van der Waals surface area (Å²) in [6.45, 7) is 4.30. The van der Waals surface area contributed by atoms with Crippen LogP contribution < -0.4 is 0 Å². The Balaban J connectivity index is 2.13. The number of alkyl halides is 3. The molecule has 8 heteroatoms. The lowest BCUT2D eigenvalue weighted by atomic mass is 10.1. The predicted molar refractivity (Wildman–Crippen MR) is 106 cm³/mol. The van der Waals surface area contributed by atoms with Gasteiger partial charge in [0.15, 0.2) is 0 Å². The summed E-state index contributed by atoms with van der Waals surface area (Å²) in [6, 6.07) is 8.05. The molecule has 2 aromatic rings. The Labute approximate surface area is 170 Å². The maximum atomic E-state index is 12.8. The van der Waals surface area contributed by atoms with Gasteiger partial charge < -0.3 is 9.64 Å². The second-order valence-corrected chi connectivity index (χ2v) is 7.06. The zero-order valence-corrected chi connectivity index (χ0v) is 17.3. The Bertz CT molecular complexity index is 882. The molecule has 0 aliphatic heterocycles. The van der Waals surface area contributed by atoms with Crippen molar-refractivity contribution in [3.8, 4) is 0 Å². The number of rotatable bonds is 6. The third-order valence-corrected chi connectivity index (χ3v) is 4.67. The number of aryl methyl sites for hydroxylation is 1. The van der Waals surface area contributed by atoms with Crippen LogP contribution in [0.1, 0.15) is 34.0 Å². The van der Waals surface area contributed by atoms with Crippen LogP contribution in [0.15, 0.2) is 45.9 Å². The van der Waals surface area contributed by atoms with Gasteiger partial charge >= 0.3 is 12.1 Å². The summed E-state index contributed by atoms with van der Waals surface area (Å²) in [5, 5.41) is 0. The molecular formula is C20H20BrF3N2O2. The first-order valence-corrected chi connectivity index (χ1v) is 9.29. The van der Waals surface area contributed by atoms with Crippen LogP contribution in [-0.4, -0.2) is 30.8 Å². The summed E-state index contributed by atoms with van der Waals surface area (Å²) < 4.78 is 44.1. The first kappa shape index (κ1) is 21.9. The van der Waals surface area contributed by atoms with Crippen molar-refractivity contribution in [1.29, 1.82) is 0 Å². The fourth-order valence-electron chi connectivity index (χ4n) is 2.29. The minimum Gasteiger partial charge on any atom is -0.457 e. The summed E-state index contributed by atoms with van der Waals surface area (Å²) in [5.74, 6) is -0.614. The fourth-order valence-corrected chi connectivity index (χ4v) is 2.74. The molecule has 0 saturated carbocycles. The van der Waals surface area contributed by atoms with Crippen molar-refractivity contribution in [2.24, 2.45) is 4.99 Å². The number of benzene rings is 2. The molecule has 2 rings (SSSR count). The van der Waals surface area contributed by atoms with Crippen molar-refractivity contribution in [2.75, 3.05) is 13.6 Å². The molecule has 0 radical (unpaired) electrons. The molecule has 4 nitrogen and oxygen atoms in total. The first-order chi connectivity index (χ1) is 13.1. The lowest BCUT2D eigenvalue weighted by molar-refractivity contribution is -0.137. The molecule has 0 unspecified atom stereocenters. The number of hydrogen-bond donors (Lipinski definition) is 0. The van der Waals surface area contributed by atoms with Gasteiger partial charge in [-0.3, -0.25) is 0 Å². The van der Waals surface area contributed by atoms with E-state index in [0.29, 0.717) is 21.3 Å². The lowest BCUT2D eigenvalue weighted by Crippen LogP contribution is -2.14. The van der Waals surface area contributed by atoms with Gasteiger partial charge in [-0.05, 0) is 65.2 Å². The second kappa shape index (κ2) is 9.23. The molecule has 0 amide bonds. The van der Waals surface area contributed by atoms with Crippen molar-refractivity contribution in [3.63, 3.8) is 0 Å². The molecule has 0 saturated heterocycles. The maximum Gasteiger partial charge on any atom is 0.416 e. The normalized spacial score (nSPS) is 11.7. The van der Waals surface area contributed by atoms with Crippen molar-refractivity contribution in [2.45, 2.75) is 26.6 Å². The van der Waals surface area contributed by atoms with Crippen LogP contribution in [-0.2, 0) is 17.5 Å². The molecule has 0 fully saturated rings.